The van der Waals surface area contributed by atoms with Crippen molar-refractivity contribution < 1.29 is 24.2 Å². The lowest BCUT2D eigenvalue weighted by Gasteiger charge is -2.14. The van der Waals surface area contributed by atoms with Gasteiger partial charge in [0.2, 0.25) is 0 Å². The first-order valence-electron chi connectivity index (χ1n) is 9.44. The molecule has 0 saturated heterocycles. The molecule has 0 aliphatic rings. The third-order valence-electron chi connectivity index (χ3n) is 4.41. The maximum absolute atomic E-state index is 12.4. The lowest BCUT2D eigenvalue weighted by atomic mass is 10.1. The molecule has 0 saturated carbocycles. The van der Waals surface area contributed by atoms with Gasteiger partial charge in [0.15, 0.2) is 11.5 Å². The first-order valence-corrected chi connectivity index (χ1v) is 10.6. The van der Waals surface area contributed by atoms with Crippen LogP contribution < -0.4 is 14.8 Å². The summed E-state index contributed by atoms with van der Waals surface area (Å²) in [7, 11) is 1.46. The van der Waals surface area contributed by atoms with Crippen molar-refractivity contribution in [3.63, 3.8) is 0 Å². The van der Waals surface area contributed by atoms with E-state index in [1.807, 2.05) is 24.3 Å². The second-order valence-electron chi connectivity index (χ2n) is 6.60. The van der Waals surface area contributed by atoms with Gasteiger partial charge in [-0.05, 0) is 42.0 Å². The van der Waals surface area contributed by atoms with Crippen LogP contribution in [0.15, 0.2) is 76.9 Å². The van der Waals surface area contributed by atoms with Gasteiger partial charge in [-0.15, -0.1) is 0 Å². The zero-order chi connectivity index (χ0) is 23.1. The molecule has 3 aromatic rings. The molecular weight excluding hydrogens is 498 g/mol. The molecule has 0 bridgehead atoms. The van der Waals surface area contributed by atoms with Crippen molar-refractivity contribution >= 4 is 45.5 Å². The molecule has 2 N–H and O–H groups in total. The van der Waals surface area contributed by atoms with E-state index in [9.17, 15) is 14.7 Å². The highest BCUT2D eigenvalue weighted by Crippen LogP contribution is 2.37. The van der Waals surface area contributed by atoms with Crippen molar-refractivity contribution in [3.8, 4) is 11.5 Å². The van der Waals surface area contributed by atoms with E-state index < -0.39 is 11.9 Å². The van der Waals surface area contributed by atoms with Gasteiger partial charge in [-0.25, -0.2) is 4.79 Å². The number of hydrogen-bond acceptors (Lipinski definition) is 4. The van der Waals surface area contributed by atoms with Crippen molar-refractivity contribution in [2.45, 2.75) is 6.61 Å². The minimum Gasteiger partial charge on any atom is -0.493 e. The molecular formula is C24H19BrClNO5. The van der Waals surface area contributed by atoms with Crippen LogP contribution in [0, 0.1) is 0 Å². The van der Waals surface area contributed by atoms with E-state index in [2.05, 4.69) is 21.2 Å². The summed E-state index contributed by atoms with van der Waals surface area (Å²) >= 11 is 9.87. The molecule has 0 fully saturated rings. The fourth-order valence-corrected chi connectivity index (χ4v) is 3.50. The minimum absolute atomic E-state index is 0.238. The van der Waals surface area contributed by atoms with E-state index in [1.165, 1.54) is 19.3 Å². The number of amides is 1. The minimum atomic E-state index is -1.29. The number of hydrogen-bond donors (Lipinski definition) is 2. The Labute approximate surface area is 198 Å². The Morgan fingerprint density at radius 1 is 1.09 bits per heavy atom. The molecule has 164 valence electrons. The van der Waals surface area contributed by atoms with Gasteiger partial charge >= 0.3 is 5.97 Å². The summed E-state index contributed by atoms with van der Waals surface area (Å²) in [5.41, 5.74) is 1.38. The number of ether oxygens (including phenoxy) is 2. The lowest BCUT2D eigenvalue weighted by Crippen LogP contribution is -2.27. The van der Waals surface area contributed by atoms with E-state index in [-0.39, 0.29) is 17.3 Å². The summed E-state index contributed by atoms with van der Waals surface area (Å²) in [5, 5.41) is 12.2. The number of carboxylic acids is 1. The summed E-state index contributed by atoms with van der Waals surface area (Å²) in [6.07, 6.45) is 1.30. The molecule has 8 heteroatoms. The van der Waals surface area contributed by atoms with E-state index in [0.717, 1.165) is 10.0 Å². The van der Waals surface area contributed by atoms with Crippen LogP contribution in [0.5, 0.6) is 11.5 Å². The maximum Gasteiger partial charge on any atom is 0.352 e. The van der Waals surface area contributed by atoms with Crippen molar-refractivity contribution in [2.75, 3.05) is 7.11 Å². The van der Waals surface area contributed by atoms with E-state index >= 15 is 0 Å². The van der Waals surface area contributed by atoms with E-state index in [4.69, 9.17) is 21.1 Å². The monoisotopic (exact) mass is 515 g/mol. The Hall–Kier alpha value is -3.29. The predicted octanol–water partition coefficient (Wildman–Crippen LogP) is 5.55. The Balaban J connectivity index is 1.85. The summed E-state index contributed by atoms with van der Waals surface area (Å²) in [4.78, 5) is 24.0. The average Bonchev–Trinajstić information content (AvgIpc) is 2.79. The number of carbonyl (C=O) groups is 2. The molecule has 0 aliphatic carbocycles. The van der Waals surface area contributed by atoms with Gasteiger partial charge < -0.3 is 19.9 Å². The SMILES string of the molecule is COc1cc(/C=C(/NC(=O)c2ccccc2)C(=O)O)cc(Cl)c1OCc1ccccc1Br. The second kappa shape index (κ2) is 10.8. The fourth-order valence-electron chi connectivity index (χ4n) is 2.83. The second-order valence-corrected chi connectivity index (χ2v) is 7.86. The highest BCUT2D eigenvalue weighted by Gasteiger charge is 2.16. The third kappa shape index (κ3) is 5.90. The fraction of sp³-hybridized carbons (Fsp3) is 0.0833. The van der Waals surface area contributed by atoms with Gasteiger partial charge in [0.1, 0.15) is 12.3 Å². The Bertz CT molecular complexity index is 1160. The van der Waals surface area contributed by atoms with Crippen LogP contribution in [-0.4, -0.2) is 24.1 Å². The molecule has 0 spiro atoms. The largest absolute Gasteiger partial charge is 0.493 e. The van der Waals surface area contributed by atoms with E-state index in [0.29, 0.717) is 22.6 Å². The number of methoxy groups -OCH3 is 1. The van der Waals surface area contributed by atoms with Gasteiger partial charge in [0, 0.05) is 15.6 Å². The molecule has 0 aromatic heterocycles. The molecule has 1 amide bonds. The summed E-state index contributed by atoms with van der Waals surface area (Å²) in [6, 6.07) is 19.1. The number of aliphatic carboxylic acids is 1. The van der Waals surface area contributed by atoms with Crippen molar-refractivity contribution in [3.05, 3.63) is 98.6 Å². The third-order valence-corrected chi connectivity index (χ3v) is 5.46. The maximum atomic E-state index is 12.4. The topological polar surface area (TPSA) is 84.9 Å². The number of carbonyl (C=O) groups excluding carboxylic acids is 1. The van der Waals surface area contributed by atoms with Crippen LogP contribution in [0.1, 0.15) is 21.5 Å². The van der Waals surface area contributed by atoms with E-state index in [1.54, 1.807) is 36.4 Å². The zero-order valence-electron chi connectivity index (χ0n) is 17.0. The number of benzene rings is 3. The van der Waals surface area contributed by atoms with Crippen LogP contribution in [0.3, 0.4) is 0 Å². The van der Waals surface area contributed by atoms with Crippen molar-refractivity contribution in [1.29, 1.82) is 0 Å². The van der Waals surface area contributed by atoms with Gasteiger partial charge in [-0.1, -0.05) is 63.9 Å². The smallest absolute Gasteiger partial charge is 0.352 e. The zero-order valence-corrected chi connectivity index (χ0v) is 19.3. The quantitative estimate of drug-likeness (QED) is 0.384. The molecule has 32 heavy (non-hydrogen) atoms. The Morgan fingerprint density at radius 3 is 2.44 bits per heavy atom. The van der Waals surface area contributed by atoms with Gasteiger partial charge in [-0.2, -0.15) is 0 Å². The summed E-state index contributed by atoms with van der Waals surface area (Å²) in [6.45, 7) is 0.250. The molecule has 0 unspecified atom stereocenters. The Morgan fingerprint density at radius 2 is 1.78 bits per heavy atom. The normalized spacial score (nSPS) is 11.0. The number of nitrogens with one attached hydrogen (secondary N) is 1. The first-order chi connectivity index (χ1) is 15.4. The van der Waals surface area contributed by atoms with Crippen molar-refractivity contribution in [2.24, 2.45) is 0 Å². The van der Waals surface area contributed by atoms with Crippen LogP contribution >= 0.6 is 27.5 Å². The van der Waals surface area contributed by atoms with Crippen LogP contribution in [0.2, 0.25) is 5.02 Å². The molecule has 0 atom stereocenters. The summed E-state index contributed by atoms with van der Waals surface area (Å²) in [5.74, 6) is -1.17. The van der Waals surface area contributed by atoms with Crippen LogP contribution in [0.4, 0.5) is 0 Å². The molecule has 0 heterocycles. The Kier molecular flexibility index (Phi) is 7.92. The van der Waals surface area contributed by atoms with Gasteiger partial charge in [0.05, 0.1) is 12.1 Å². The molecule has 0 radical (unpaired) electrons. The highest BCUT2D eigenvalue weighted by atomic mass is 79.9. The summed E-state index contributed by atoms with van der Waals surface area (Å²) < 4.78 is 12.2. The van der Waals surface area contributed by atoms with Crippen LogP contribution in [-0.2, 0) is 11.4 Å². The number of halogens is 2. The highest BCUT2D eigenvalue weighted by molar-refractivity contribution is 9.10. The van der Waals surface area contributed by atoms with Crippen molar-refractivity contribution in [1.82, 2.24) is 5.32 Å². The lowest BCUT2D eigenvalue weighted by molar-refractivity contribution is -0.132. The van der Waals surface area contributed by atoms with Gasteiger partial charge in [-0.3, -0.25) is 4.79 Å². The number of rotatable bonds is 8. The standard InChI is InChI=1S/C24H19BrClNO5/c1-31-21-13-15(11-19(26)22(21)32-14-17-9-5-6-10-18(17)25)12-20(24(29)30)27-23(28)16-7-3-2-4-8-16/h2-13H,14H2,1H3,(H,27,28)(H,29,30)/b20-12+. The predicted molar refractivity (Wildman–Crippen MR) is 126 cm³/mol. The average molecular weight is 517 g/mol. The van der Waals surface area contributed by atoms with Crippen LogP contribution in [0.25, 0.3) is 6.08 Å². The first kappa shape index (κ1) is 23.4. The number of carboxylic acid groups (broad SMARTS) is 1. The molecule has 0 aliphatic heterocycles. The van der Waals surface area contributed by atoms with Gasteiger partial charge in [0.25, 0.3) is 5.91 Å². The molecule has 6 nitrogen and oxygen atoms in total. The molecule has 3 aromatic carbocycles. The molecule has 3 rings (SSSR count).